The van der Waals surface area contributed by atoms with Crippen LogP contribution in [0.1, 0.15) is 26.2 Å². The molecule has 0 heterocycles. The SMILES string of the molecule is CCC1=CCC[C@H](O)[C@@H]1O. The molecule has 2 heteroatoms. The lowest BCUT2D eigenvalue weighted by molar-refractivity contribution is 0.0298. The fourth-order valence-electron chi connectivity index (χ4n) is 1.32. The lowest BCUT2D eigenvalue weighted by Gasteiger charge is -2.23. The van der Waals surface area contributed by atoms with E-state index in [-0.39, 0.29) is 0 Å². The average molecular weight is 142 g/mol. The van der Waals surface area contributed by atoms with Gasteiger partial charge in [0.1, 0.15) is 6.10 Å². The van der Waals surface area contributed by atoms with Gasteiger partial charge in [0.15, 0.2) is 0 Å². The molecule has 0 radical (unpaired) electrons. The summed E-state index contributed by atoms with van der Waals surface area (Å²) in [5.41, 5.74) is 0.985. The fraction of sp³-hybridized carbons (Fsp3) is 0.750. The van der Waals surface area contributed by atoms with Crippen molar-refractivity contribution >= 4 is 0 Å². The molecule has 10 heavy (non-hydrogen) atoms. The minimum absolute atomic E-state index is 0.528. The van der Waals surface area contributed by atoms with Crippen molar-refractivity contribution in [1.82, 2.24) is 0 Å². The standard InChI is InChI=1S/C8H14O2/c1-2-6-4-3-5-7(9)8(6)10/h4,7-10H,2-3,5H2,1H3/t7-,8+/m0/s1. The van der Waals surface area contributed by atoms with E-state index in [1.807, 2.05) is 13.0 Å². The molecule has 0 aromatic carbocycles. The third-order valence-electron chi connectivity index (χ3n) is 2.02. The van der Waals surface area contributed by atoms with Crippen LogP contribution in [0, 0.1) is 0 Å². The number of hydrogen-bond donors (Lipinski definition) is 2. The predicted octanol–water partition coefficient (Wildman–Crippen LogP) is 0.838. The van der Waals surface area contributed by atoms with Gasteiger partial charge >= 0.3 is 0 Å². The van der Waals surface area contributed by atoms with E-state index in [4.69, 9.17) is 0 Å². The second kappa shape index (κ2) is 3.17. The molecule has 0 aromatic rings. The van der Waals surface area contributed by atoms with E-state index in [1.54, 1.807) is 0 Å². The molecule has 0 unspecified atom stereocenters. The minimum Gasteiger partial charge on any atom is -0.390 e. The highest BCUT2D eigenvalue weighted by atomic mass is 16.3. The molecular weight excluding hydrogens is 128 g/mol. The monoisotopic (exact) mass is 142 g/mol. The number of rotatable bonds is 1. The van der Waals surface area contributed by atoms with Crippen LogP contribution in [0.4, 0.5) is 0 Å². The van der Waals surface area contributed by atoms with E-state index in [0.29, 0.717) is 6.42 Å². The first-order valence-corrected chi connectivity index (χ1v) is 3.80. The first-order chi connectivity index (χ1) is 4.75. The number of hydrogen-bond acceptors (Lipinski definition) is 2. The number of aliphatic hydroxyl groups excluding tert-OH is 2. The van der Waals surface area contributed by atoms with Crippen LogP contribution >= 0.6 is 0 Å². The van der Waals surface area contributed by atoms with Crippen LogP contribution in [0.2, 0.25) is 0 Å². The van der Waals surface area contributed by atoms with Crippen LogP contribution in [0.25, 0.3) is 0 Å². The Hall–Kier alpha value is -0.340. The summed E-state index contributed by atoms with van der Waals surface area (Å²) in [6.45, 7) is 1.99. The van der Waals surface area contributed by atoms with Gasteiger partial charge in [-0.3, -0.25) is 0 Å². The Morgan fingerprint density at radius 1 is 1.60 bits per heavy atom. The molecule has 1 rings (SSSR count). The fourth-order valence-corrected chi connectivity index (χ4v) is 1.32. The zero-order valence-corrected chi connectivity index (χ0v) is 6.25. The smallest absolute Gasteiger partial charge is 0.101 e. The maximum Gasteiger partial charge on any atom is 0.101 e. The summed E-state index contributed by atoms with van der Waals surface area (Å²) in [6.07, 6.45) is 3.35. The lowest BCUT2D eigenvalue weighted by Crippen LogP contribution is -2.30. The van der Waals surface area contributed by atoms with E-state index in [0.717, 1.165) is 18.4 Å². The van der Waals surface area contributed by atoms with Crippen molar-refractivity contribution in [3.8, 4) is 0 Å². The number of aliphatic hydroxyl groups is 2. The maximum absolute atomic E-state index is 9.32. The molecule has 0 saturated carbocycles. The molecule has 2 N–H and O–H groups in total. The van der Waals surface area contributed by atoms with Crippen LogP contribution in [0.15, 0.2) is 11.6 Å². The van der Waals surface area contributed by atoms with Crippen LogP contribution in [0.5, 0.6) is 0 Å². The molecule has 0 saturated heterocycles. The molecule has 2 atom stereocenters. The van der Waals surface area contributed by atoms with E-state index in [9.17, 15) is 10.2 Å². The Balaban J connectivity index is 2.62. The second-order valence-electron chi connectivity index (χ2n) is 2.72. The van der Waals surface area contributed by atoms with Crippen molar-refractivity contribution in [3.05, 3.63) is 11.6 Å². The Morgan fingerprint density at radius 3 is 2.80 bits per heavy atom. The molecule has 2 nitrogen and oxygen atoms in total. The Bertz CT molecular complexity index is 140. The molecule has 1 aliphatic carbocycles. The third-order valence-corrected chi connectivity index (χ3v) is 2.02. The molecule has 0 bridgehead atoms. The van der Waals surface area contributed by atoms with Crippen LogP contribution in [0.3, 0.4) is 0 Å². The van der Waals surface area contributed by atoms with Gasteiger partial charge in [0.2, 0.25) is 0 Å². The van der Waals surface area contributed by atoms with E-state index < -0.39 is 12.2 Å². The first-order valence-electron chi connectivity index (χ1n) is 3.80. The van der Waals surface area contributed by atoms with Crippen molar-refractivity contribution in [2.75, 3.05) is 0 Å². The van der Waals surface area contributed by atoms with Crippen molar-refractivity contribution in [2.45, 2.75) is 38.4 Å². The summed E-state index contributed by atoms with van der Waals surface area (Å²) in [5.74, 6) is 0. The van der Waals surface area contributed by atoms with Crippen LogP contribution in [-0.4, -0.2) is 22.4 Å². The molecular formula is C8H14O2. The Kier molecular flexibility index (Phi) is 2.46. The summed E-state index contributed by atoms with van der Waals surface area (Å²) in [5, 5.41) is 18.5. The average Bonchev–Trinajstić information content (AvgIpc) is 1.95. The molecule has 1 aliphatic rings. The van der Waals surface area contributed by atoms with Crippen LogP contribution < -0.4 is 0 Å². The lowest BCUT2D eigenvalue weighted by atomic mass is 9.92. The van der Waals surface area contributed by atoms with Crippen molar-refractivity contribution in [1.29, 1.82) is 0 Å². The molecule has 0 spiro atoms. The van der Waals surface area contributed by atoms with Gasteiger partial charge in [-0.2, -0.15) is 0 Å². The molecule has 58 valence electrons. The topological polar surface area (TPSA) is 40.5 Å². The van der Waals surface area contributed by atoms with Crippen molar-refractivity contribution < 1.29 is 10.2 Å². The summed E-state index contributed by atoms with van der Waals surface area (Å²) >= 11 is 0. The van der Waals surface area contributed by atoms with Gasteiger partial charge in [-0.1, -0.05) is 13.0 Å². The van der Waals surface area contributed by atoms with Crippen molar-refractivity contribution in [2.24, 2.45) is 0 Å². The van der Waals surface area contributed by atoms with Crippen molar-refractivity contribution in [3.63, 3.8) is 0 Å². The van der Waals surface area contributed by atoms with Gasteiger partial charge in [0.25, 0.3) is 0 Å². The highest BCUT2D eigenvalue weighted by molar-refractivity contribution is 5.12. The Morgan fingerprint density at radius 2 is 2.30 bits per heavy atom. The van der Waals surface area contributed by atoms with Gasteiger partial charge in [0.05, 0.1) is 6.10 Å². The van der Waals surface area contributed by atoms with Gasteiger partial charge in [0, 0.05) is 0 Å². The molecule has 0 aromatic heterocycles. The van der Waals surface area contributed by atoms with Gasteiger partial charge in [-0.25, -0.2) is 0 Å². The van der Waals surface area contributed by atoms with E-state index >= 15 is 0 Å². The largest absolute Gasteiger partial charge is 0.390 e. The zero-order valence-electron chi connectivity index (χ0n) is 6.25. The Labute approximate surface area is 61.2 Å². The molecule has 0 amide bonds. The zero-order chi connectivity index (χ0) is 7.56. The first kappa shape index (κ1) is 7.76. The summed E-state index contributed by atoms with van der Waals surface area (Å²) < 4.78 is 0. The normalized spacial score (nSPS) is 33.7. The predicted molar refractivity (Wildman–Crippen MR) is 39.6 cm³/mol. The summed E-state index contributed by atoms with van der Waals surface area (Å²) in [7, 11) is 0. The van der Waals surface area contributed by atoms with Gasteiger partial charge < -0.3 is 10.2 Å². The van der Waals surface area contributed by atoms with E-state index in [2.05, 4.69) is 0 Å². The highest BCUT2D eigenvalue weighted by Crippen LogP contribution is 2.20. The van der Waals surface area contributed by atoms with Gasteiger partial charge in [-0.05, 0) is 24.8 Å². The molecule has 0 aliphatic heterocycles. The van der Waals surface area contributed by atoms with Crippen LogP contribution in [-0.2, 0) is 0 Å². The maximum atomic E-state index is 9.32. The van der Waals surface area contributed by atoms with E-state index in [1.165, 1.54) is 0 Å². The molecule has 0 fully saturated rings. The third kappa shape index (κ3) is 1.39. The second-order valence-corrected chi connectivity index (χ2v) is 2.72. The summed E-state index contributed by atoms with van der Waals surface area (Å²) in [6, 6.07) is 0. The highest BCUT2D eigenvalue weighted by Gasteiger charge is 2.21. The number of allylic oxidation sites excluding steroid dienone is 1. The van der Waals surface area contributed by atoms with Gasteiger partial charge in [-0.15, -0.1) is 0 Å². The quantitative estimate of drug-likeness (QED) is 0.532. The summed E-state index contributed by atoms with van der Waals surface area (Å²) in [4.78, 5) is 0. The minimum atomic E-state index is -0.598.